The van der Waals surface area contributed by atoms with Crippen LogP contribution in [0.2, 0.25) is 0 Å². The zero-order chi connectivity index (χ0) is 21.2. The first-order valence-electron chi connectivity index (χ1n) is 9.30. The summed E-state index contributed by atoms with van der Waals surface area (Å²) in [4.78, 5) is 18.0. The highest BCUT2D eigenvalue weighted by Crippen LogP contribution is 2.28. The number of amides is 1. The molecule has 1 unspecified atom stereocenters. The molecule has 6 nitrogen and oxygen atoms in total. The van der Waals surface area contributed by atoms with E-state index in [1.54, 1.807) is 29.1 Å². The molecule has 8 heteroatoms. The van der Waals surface area contributed by atoms with Crippen LogP contribution >= 0.6 is 11.3 Å². The first-order chi connectivity index (χ1) is 13.6. The van der Waals surface area contributed by atoms with Crippen LogP contribution < -0.4 is 10.1 Å². The molecule has 3 aromatic rings. The molecular formula is C21H25FN4O2S. The van der Waals surface area contributed by atoms with Gasteiger partial charge in [0.1, 0.15) is 16.5 Å². The largest absolute Gasteiger partial charge is 0.488 e. The second-order valence-corrected chi connectivity index (χ2v) is 8.97. The van der Waals surface area contributed by atoms with Crippen molar-refractivity contribution in [1.82, 2.24) is 20.1 Å². The number of nitrogens with zero attached hydrogens (tertiary/aromatic N) is 3. The van der Waals surface area contributed by atoms with Gasteiger partial charge in [0.25, 0.3) is 5.91 Å². The number of carbonyl (C=O) groups excluding carboxylic acids is 1. The Kier molecular flexibility index (Phi) is 6.02. The van der Waals surface area contributed by atoms with Crippen molar-refractivity contribution >= 4 is 17.2 Å². The lowest BCUT2D eigenvalue weighted by Crippen LogP contribution is -2.47. The van der Waals surface area contributed by atoms with Crippen molar-refractivity contribution in [3.63, 3.8) is 0 Å². The van der Waals surface area contributed by atoms with Gasteiger partial charge in [-0.15, -0.1) is 11.3 Å². The Morgan fingerprint density at radius 3 is 2.69 bits per heavy atom. The number of para-hydroxylation sites is 1. The fourth-order valence-corrected chi connectivity index (χ4v) is 3.67. The van der Waals surface area contributed by atoms with Gasteiger partial charge >= 0.3 is 0 Å². The maximum atomic E-state index is 13.9. The van der Waals surface area contributed by atoms with Crippen molar-refractivity contribution in [3.8, 4) is 16.3 Å². The highest BCUT2D eigenvalue weighted by Gasteiger charge is 2.29. The molecule has 0 bridgehead atoms. The van der Waals surface area contributed by atoms with Crippen LogP contribution in [0.4, 0.5) is 4.39 Å². The van der Waals surface area contributed by atoms with E-state index < -0.39 is 5.82 Å². The summed E-state index contributed by atoms with van der Waals surface area (Å²) in [6, 6.07) is 5.92. The van der Waals surface area contributed by atoms with E-state index in [-0.39, 0.29) is 29.7 Å². The predicted molar refractivity (Wildman–Crippen MR) is 112 cm³/mol. The van der Waals surface area contributed by atoms with E-state index >= 15 is 0 Å². The molecule has 29 heavy (non-hydrogen) atoms. The average molecular weight is 417 g/mol. The third kappa shape index (κ3) is 5.00. The minimum atomic E-state index is -0.425. The normalized spacial score (nSPS) is 12.6. The van der Waals surface area contributed by atoms with Crippen molar-refractivity contribution < 1.29 is 13.9 Å². The van der Waals surface area contributed by atoms with Crippen LogP contribution in [0.25, 0.3) is 10.6 Å². The SMILES string of the molecule is Cc1nc(-c2cnn(C)c2)sc1C(=O)NC(COc1ccccc1F)C(C)(C)C. The van der Waals surface area contributed by atoms with Gasteiger partial charge in [-0.1, -0.05) is 32.9 Å². The predicted octanol–water partition coefficient (Wildman–Crippen LogP) is 4.21. The maximum Gasteiger partial charge on any atom is 0.263 e. The smallest absolute Gasteiger partial charge is 0.263 e. The fourth-order valence-electron chi connectivity index (χ4n) is 2.73. The van der Waals surface area contributed by atoms with Crippen LogP contribution in [0, 0.1) is 18.2 Å². The van der Waals surface area contributed by atoms with Crippen molar-refractivity contribution in [2.75, 3.05) is 6.61 Å². The lowest BCUT2D eigenvalue weighted by molar-refractivity contribution is 0.0863. The van der Waals surface area contributed by atoms with Gasteiger partial charge in [-0.05, 0) is 24.5 Å². The zero-order valence-corrected chi connectivity index (χ0v) is 18.0. The van der Waals surface area contributed by atoms with Crippen molar-refractivity contribution in [2.45, 2.75) is 33.7 Å². The standard InChI is InChI=1S/C21H25FN4O2S/c1-13-18(29-20(24-13)14-10-23-26(5)11-14)19(27)25-17(21(2,3)4)12-28-16-9-7-6-8-15(16)22/h6-11,17H,12H2,1-5H3,(H,25,27). The molecule has 0 aliphatic heterocycles. The topological polar surface area (TPSA) is 69.0 Å². The van der Waals surface area contributed by atoms with E-state index in [0.717, 1.165) is 10.6 Å². The summed E-state index contributed by atoms with van der Waals surface area (Å²) < 4.78 is 21.2. The lowest BCUT2D eigenvalue weighted by Gasteiger charge is -2.31. The molecule has 0 spiro atoms. The molecule has 3 rings (SSSR count). The number of rotatable bonds is 6. The monoisotopic (exact) mass is 416 g/mol. The van der Waals surface area contributed by atoms with E-state index in [1.165, 1.54) is 17.4 Å². The number of ether oxygens (including phenoxy) is 1. The molecule has 1 aromatic carbocycles. The molecule has 0 aliphatic carbocycles. The molecule has 0 radical (unpaired) electrons. The van der Waals surface area contributed by atoms with Crippen LogP contribution in [0.1, 0.15) is 36.1 Å². The molecule has 1 amide bonds. The van der Waals surface area contributed by atoms with Gasteiger partial charge < -0.3 is 10.1 Å². The first-order valence-corrected chi connectivity index (χ1v) is 10.1. The molecule has 1 atom stereocenters. The molecular weight excluding hydrogens is 391 g/mol. The lowest BCUT2D eigenvalue weighted by atomic mass is 9.87. The second-order valence-electron chi connectivity index (χ2n) is 7.97. The van der Waals surface area contributed by atoms with Crippen LogP contribution in [-0.2, 0) is 7.05 Å². The van der Waals surface area contributed by atoms with Crippen LogP contribution in [-0.4, -0.2) is 33.3 Å². The zero-order valence-electron chi connectivity index (χ0n) is 17.2. The van der Waals surface area contributed by atoms with E-state index in [1.807, 2.05) is 40.9 Å². The number of thiazole rings is 1. The van der Waals surface area contributed by atoms with Gasteiger partial charge in [0.2, 0.25) is 0 Å². The minimum Gasteiger partial charge on any atom is -0.488 e. The summed E-state index contributed by atoms with van der Waals surface area (Å²) in [5.41, 5.74) is 1.25. The number of aryl methyl sites for hydroxylation is 2. The summed E-state index contributed by atoms with van der Waals surface area (Å²) in [6.45, 7) is 7.98. The van der Waals surface area contributed by atoms with Crippen molar-refractivity contribution in [1.29, 1.82) is 0 Å². The Labute approximate surface area is 173 Å². The van der Waals surface area contributed by atoms with Gasteiger partial charge in [-0.2, -0.15) is 5.10 Å². The van der Waals surface area contributed by atoms with Gasteiger partial charge in [-0.25, -0.2) is 9.37 Å². The van der Waals surface area contributed by atoms with E-state index in [0.29, 0.717) is 10.6 Å². The minimum absolute atomic E-state index is 0.156. The van der Waals surface area contributed by atoms with E-state index in [4.69, 9.17) is 4.74 Å². The highest BCUT2D eigenvalue weighted by molar-refractivity contribution is 7.17. The molecule has 154 valence electrons. The fraction of sp³-hybridized carbons (Fsp3) is 0.381. The van der Waals surface area contributed by atoms with Gasteiger partial charge in [0.05, 0.1) is 17.9 Å². The Balaban J connectivity index is 1.75. The Hall–Kier alpha value is -2.74. The van der Waals surface area contributed by atoms with Gasteiger partial charge in [0, 0.05) is 18.8 Å². The number of hydrogen-bond donors (Lipinski definition) is 1. The van der Waals surface area contributed by atoms with Gasteiger partial charge in [-0.3, -0.25) is 9.48 Å². The summed E-state index contributed by atoms with van der Waals surface area (Å²) in [6.07, 6.45) is 3.58. The summed E-state index contributed by atoms with van der Waals surface area (Å²) in [5, 5.41) is 7.94. The number of halogens is 1. The number of benzene rings is 1. The molecule has 0 saturated heterocycles. The van der Waals surface area contributed by atoms with Gasteiger partial charge in [0.15, 0.2) is 11.6 Å². The second kappa shape index (κ2) is 8.32. The number of nitrogens with one attached hydrogen (secondary N) is 1. The molecule has 0 aliphatic rings. The number of aromatic nitrogens is 3. The average Bonchev–Trinajstić information content (AvgIpc) is 3.24. The molecule has 2 heterocycles. The third-order valence-corrected chi connectivity index (χ3v) is 5.75. The Morgan fingerprint density at radius 2 is 2.07 bits per heavy atom. The summed E-state index contributed by atoms with van der Waals surface area (Å²) >= 11 is 1.33. The summed E-state index contributed by atoms with van der Waals surface area (Å²) in [7, 11) is 1.83. The molecule has 0 saturated carbocycles. The molecule has 1 N–H and O–H groups in total. The number of hydrogen-bond acceptors (Lipinski definition) is 5. The van der Waals surface area contributed by atoms with Crippen LogP contribution in [0.5, 0.6) is 5.75 Å². The quantitative estimate of drug-likeness (QED) is 0.653. The Bertz CT molecular complexity index is 1010. The highest BCUT2D eigenvalue weighted by atomic mass is 32.1. The summed E-state index contributed by atoms with van der Waals surface area (Å²) in [5.74, 6) is -0.470. The Morgan fingerprint density at radius 1 is 1.34 bits per heavy atom. The van der Waals surface area contributed by atoms with E-state index in [9.17, 15) is 9.18 Å². The maximum absolute atomic E-state index is 13.9. The van der Waals surface area contributed by atoms with Crippen molar-refractivity contribution in [3.05, 3.63) is 53.0 Å². The first kappa shape index (κ1) is 21.0. The third-order valence-electron chi connectivity index (χ3n) is 4.55. The number of carbonyl (C=O) groups is 1. The molecule has 2 aromatic heterocycles. The van der Waals surface area contributed by atoms with Crippen molar-refractivity contribution in [2.24, 2.45) is 12.5 Å². The van der Waals surface area contributed by atoms with Crippen LogP contribution in [0.3, 0.4) is 0 Å². The van der Waals surface area contributed by atoms with E-state index in [2.05, 4.69) is 15.4 Å². The molecule has 0 fully saturated rings. The van der Waals surface area contributed by atoms with Crippen LogP contribution in [0.15, 0.2) is 36.7 Å².